The van der Waals surface area contributed by atoms with Crippen molar-refractivity contribution in [3.63, 3.8) is 0 Å². The van der Waals surface area contributed by atoms with Gasteiger partial charge in [0, 0.05) is 30.3 Å². The standard InChI is InChI=1S/C20H27N3O4/c1-4-13(2)21-19(25)14-7-8-17(27-3)15(10-14)11-22-12-18(24)23-9-5-6-16(23)20(22)26/h7-8,10,13,16H,4-6,9,11-12H2,1-3H3,(H,21,25)/t13-,16-/m1/s1. The highest BCUT2D eigenvalue weighted by Crippen LogP contribution is 2.27. The summed E-state index contributed by atoms with van der Waals surface area (Å²) in [5, 5.41) is 2.94. The number of amides is 3. The van der Waals surface area contributed by atoms with Gasteiger partial charge in [0.25, 0.3) is 5.91 Å². The minimum Gasteiger partial charge on any atom is -0.496 e. The number of hydrogen-bond donors (Lipinski definition) is 1. The maximum Gasteiger partial charge on any atom is 0.251 e. The van der Waals surface area contributed by atoms with Crippen molar-refractivity contribution in [2.75, 3.05) is 20.2 Å². The quantitative estimate of drug-likeness (QED) is 0.821. The molecule has 0 unspecified atom stereocenters. The SMILES string of the molecule is CC[C@@H](C)NC(=O)c1ccc(OC)c(CN2CC(=O)N3CCC[C@@H]3C2=O)c1. The summed E-state index contributed by atoms with van der Waals surface area (Å²) in [4.78, 5) is 40.8. The lowest BCUT2D eigenvalue weighted by Gasteiger charge is -2.36. The van der Waals surface area contributed by atoms with Crippen molar-refractivity contribution in [2.45, 2.75) is 51.7 Å². The van der Waals surface area contributed by atoms with Gasteiger partial charge in [0.15, 0.2) is 0 Å². The minimum absolute atomic E-state index is 0.0123. The average Bonchev–Trinajstić information content (AvgIpc) is 3.16. The number of ether oxygens (including phenoxy) is 1. The van der Waals surface area contributed by atoms with E-state index in [4.69, 9.17) is 4.74 Å². The summed E-state index contributed by atoms with van der Waals surface area (Å²) in [7, 11) is 1.56. The Morgan fingerprint density at radius 3 is 2.85 bits per heavy atom. The molecule has 0 spiro atoms. The molecule has 2 saturated heterocycles. The van der Waals surface area contributed by atoms with E-state index in [1.54, 1.807) is 35.1 Å². The highest BCUT2D eigenvalue weighted by molar-refractivity contribution is 5.96. The number of methoxy groups -OCH3 is 1. The van der Waals surface area contributed by atoms with Gasteiger partial charge in [-0.3, -0.25) is 14.4 Å². The zero-order valence-corrected chi connectivity index (χ0v) is 16.2. The first-order valence-electron chi connectivity index (χ1n) is 9.50. The van der Waals surface area contributed by atoms with Crippen LogP contribution in [0.15, 0.2) is 18.2 Å². The lowest BCUT2D eigenvalue weighted by molar-refractivity contribution is -0.154. The fourth-order valence-corrected chi connectivity index (χ4v) is 3.66. The third kappa shape index (κ3) is 3.91. The zero-order valence-electron chi connectivity index (χ0n) is 16.2. The summed E-state index contributed by atoms with van der Waals surface area (Å²) in [6, 6.07) is 4.93. The molecule has 2 atom stereocenters. The van der Waals surface area contributed by atoms with Crippen molar-refractivity contribution < 1.29 is 19.1 Å². The van der Waals surface area contributed by atoms with Crippen LogP contribution >= 0.6 is 0 Å². The molecular formula is C20H27N3O4. The summed E-state index contributed by atoms with van der Waals surface area (Å²) in [5.74, 6) is 0.408. The first-order chi connectivity index (χ1) is 12.9. The topological polar surface area (TPSA) is 79.0 Å². The summed E-state index contributed by atoms with van der Waals surface area (Å²) in [6.07, 6.45) is 2.43. The molecule has 2 aliphatic heterocycles. The molecule has 0 saturated carbocycles. The van der Waals surface area contributed by atoms with E-state index in [1.807, 2.05) is 13.8 Å². The van der Waals surface area contributed by atoms with E-state index in [-0.39, 0.29) is 42.9 Å². The van der Waals surface area contributed by atoms with Crippen LogP contribution in [0.3, 0.4) is 0 Å². The monoisotopic (exact) mass is 373 g/mol. The molecule has 2 heterocycles. The fraction of sp³-hybridized carbons (Fsp3) is 0.550. The first kappa shape index (κ1) is 19.2. The molecular weight excluding hydrogens is 346 g/mol. The maximum atomic E-state index is 12.8. The van der Waals surface area contributed by atoms with Gasteiger partial charge in [-0.2, -0.15) is 0 Å². The number of hydrogen-bond acceptors (Lipinski definition) is 4. The van der Waals surface area contributed by atoms with E-state index in [1.165, 1.54) is 0 Å². The molecule has 1 aromatic carbocycles. The van der Waals surface area contributed by atoms with Crippen LogP contribution in [0.4, 0.5) is 0 Å². The Labute approximate surface area is 159 Å². The molecule has 27 heavy (non-hydrogen) atoms. The maximum absolute atomic E-state index is 12.8. The summed E-state index contributed by atoms with van der Waals surface area (Å²) in [6.45, 7) is 4.95. The van der Waals surface area contributed by atoms with Crippen LogP contribution < -0.4 is 10.1 Å². The third-order valence-corrected chi connectivity index (χ3v) is 5.39. The highest BCUT2D eigenvalue weighted by Gasteiger charge is 2.41. The van der Waals surface area contributed by atoms with Crippen LogP contribution in [0, 0.1) is 0 Å². The molecule has 3 rings (SSSR count). The van der Waals surface area contributed by atoms with Gasteiger partial charge in [0.1, 0.15) is 18.3 Å². The van der Waals surface area contributed by atoms with E-state index in [2.05, 4.69) is 5.32 Å². The van der Waals surface area contributed by atoms with Crippen molar-refractivity contribution in [3.05, 3.63) is 29.3 Å². The van der Waals surface area contributed by atoms with Crippen LogP contribution in [0.5, 0.6) is 5.75 Å². The number of benzene rings is 1. The molecule has 2 fully saturated rings. The number of piperazine rings is 1. The predicted molar refractivity (Wildman–Crippen MR) is 100 cm³/mol. The Hall–Kier alpha value is -2.57. The summed E-state index contributed by atoms with van der Waals surface area (Å²) < 4.78 is 5.41. The number of fused-ring (bicyclic) bond motifs is 1. The second-order valence-corrected chi connectivity index (χ2v) is 7.25. The summed E-state index contributed by atoms with van der Waals surface area (Å²) in [5.41, 5.74) is 1.24. The molecule has 1 N–H and O–H groups in total. The van der Waals surface area contributed by atoms with Crippen LogP contribution in [-0.2, 0) is 16.1 Å². The Kier molecular flexibility index (Phi) is 5.68. The van der Waals surface area contributed by atoms with Gasteiger partial charge in [0.05, 0.1) is 7.11 Å². The van der Waals surface area contributed by atoms with E-state index in [0.717, 1.165) is 24.8 Å². The normalized spacial score (nSPS) is 20.5. The second kappa shape index (κ2) is 7.98. The molecule has 146 valence electrons. The Bertz CT molecular complexity index is 749. The molecule has 1 aromatic rings. The Balaban J connectivity index is 1.80. The van der Waals surface area contributed by atoms with E-state index < -0.39 is 0 Å². The number of nitrogens with one attached hydrogen (secondary N) is 1. The first-order valence-corrected chi connectivity index (χ1v) is 9.50. The lowest BCUT2D eigenvalue weighted by Crippen LogP contribution is -2.56. The van der Waals surface area contributed by atoms with E-state index in [9.17, 15) is 14.4 Å². The van der Waals surface area contributed by atoms with Gasteiger partial charge in [-0.05, 0) is 44.4 Å². The molecule has 2 aliphatic rings. The Morgan fingerprint density at radius 1 is 1.37 bits per heavy atom. The van der Waals surface area contributed by atoms with Gasteiger partial charge in [0.2, 0.25) is 11.8 Å². The van der Waals surface area contributed by atoms with Gasteiger partial charge in [-0.15, -0.1) is 0 Å². The number of nitrogens with zero attached hydrogens (tertiary/aromatic N) is 2. The Morgan fingerprint density at radius 2 is 2.15 bits per heavy atom. The lowest BCUT2D eigenvalue weighted by atomic mass is 10.1. The molecule has 0 aliphatic carbocycles. The smallest absolute Gasteiger partial charge is 0.251 e. The van der Waals surface area contributed by atoms with Crippen LogP contribution in [-0.4, -0.2) is 59.8 Å². The van der Waals surface area contributed by atoms with Crippen LogP contribution in [0.2, 0.25) is 0 Å². The third-order valence-electron chi connectivity index (χ3n) is 5.39. The van der Waals surface area contributed by atoms with Crippen molar-refractivity contribution in [1.82, 2.24) is 15.1 Å². The van der Waals surface area contributed by atoms with Gasteiger partial charge in [-0.25, -0.2) is 0 Å². The number of carbonyl (C=O) groups excluding carboxylic acids is 3. The predicted octanol–water partition coefficient (Wildman–Crippen LogP) is 1.56. The second-order valence-electron chi connectivity index (χ2n) is 7.25. The highest BCUT2D eigenvalue weighted by atomic mass is 16.5. The average molecular weight is 373 g/mol. The largest absolute Gasteiger partial charge is 0.496 e. The van der Waals surface area contributed by atoms with Gasteiger partial charge < -0.3 is 19.9 Å². The van der Waals surface area contributed by atoms with Crippen molar-refractivity contribution in [1.29, 1.82) is 0 Å². The van der Waals surface area contributed by atoms with Crippen LogP contribution in [0.1, 0.15) is 49.0 Å². The fourth-order valence-electron chi connectivity index (χ4n) is 3.66. The molecule has 3 amide bonds. The van der Waals surface area contributed by atoms with Crippen molar-refractivity contribution in [3.8, 4) is 5.75 Å². The molecule has 0 radical (unpaired) electrons. The molecule has 7 heteroatoms. The zero-order chi connectivity index (χ0) is 19.6. The molecule has 0 aromatic heterocycles. The van der Waals surface area contributed by atoms with Crippen molar-refractivity contribution >= 4 is 17.7 Å². The molecule has 7 nitrogen and oxygen atoms in total. The van der Waals surface area contributed by atoms with E-state index >= 15 is 0 Å². The minimum atomic E-state index is -0.339. The van der Waals surface area contributed by atoms with E-state index in [0.29, 0.717) is 17.9 Å². The summed E-state index contributed by atoms with van der Waals surface area (Å²) >= 11 is 0. The van der Waals surface area contributed by atoms with Crippen molar-refractivity contribution in [2.24, 2.45) is 0 Å². The number of rotatable bonds is 6. The van der Waals surface area contributed by atoms with Crippen LogP contribution in [0.25, 0.3) is 0 Å². The van der Waals surface area contributed by atoms with Gasteiger partial charge in [-0.1, -0.05) is 6.92 Å². The van der Waals surface area contributed by atoms with Gasteiger partial charge >= 0.3 is 0 Å². The molecule has 0 bridgehead atoms. The number of carbonyl (C=O) groups is 3.